The van der Waals surface area contributed by atoms with E-state index in [4.69, 9.17) is 21.1 Å². The second kappa shape index (κ2) is 11.1. The highest BCUT2D eigenvalue weighted by molar-refractivity contribution is 6.32. The molecule has 3 aromatic rings. The highest BCUT2D eigenvalue weighted by Crippen LogP contribution is 2.33. The van der Waals surface area contributed by atoms with Crippen molar-refractivity contribution in [2.24, 2.45) is 0 Å². The summed E-state index contributed by atoms with van der Waals surface area (Å²) in [7, 11) is 0. The minimum Gasteiger partial charge on any atom is -0.489 e. The first-order valence-corrected chi connectivity index (χ1v) is 11.6. The lowest BCUT2D eigenvalue weighted by molar-refractivity contribution is -0.138. The predicted molar refractivity (Wildman–Crippen MR) is 126 cm³/mol. The summed E-state index contributed by atoms with van der Waals surface area (Å²) in [5.74, 6) is 0.720. The zero-order valence-corrected chi connectivity index (χ0v) is 20.7. The number of aromatic nitrogens is 3. The van der Waals surface area contributed by atoms with Gasteiger partial charge in [0.15, 0.2) is 17.3 Å². The van der Waals surface area contributed by atoms with E-state index in [2.05, 4.69) is 10.1 Å². The molecule has 188 valence electrons. The summed E-state index contributed by atoms with van der Waals surface area (Å²) in [6, 6.07) is 6.27. The van der Waals surface area contributed by atoms with Gasteiger partial charge in [-0.2, -0.15) is 18.3 Å². The van der Waals surface area contributed by atoms with E-state index in [1.54, 1.807) is 12.3 Å². The number of esters is 1. The molecule has 35 heavy (non-hydrogen) atoms. The standard InChI is InChI=1S/C25H27ClF3N3O3/c1-5-17-8-6-10-21(35-16(4)33)23(17)34-11-7-9-18-14-32(31-22(18)15(2)3)24-20(26)12-19(13-30-24)25(27,28)29/h6,8,10,12-15H,5,7,9,11H2,1-4H3. The molecule has 0 amide bonds. The monoisotopic (exact) mass is 509 g/mol. The Morgan fingerprint density at radius 2 is 1.97 bits per heavy atom. The van der Waals surface area contributed by atoms with Crippen molar-refractivity contribution in [3.8, 4) is 17.3 Å². The molecule has 0 aliphatic carbocycles. The Morgan fingerprint density at radius 3 is 2.57 bits per heavy atom. The van der Waals surface area contributed by atoms with E-state index in [1.807, 2.05) is 32.9 Å². The van der Waals surface area contributed by atoms with Crippen LogP contribution >= 0.6 is 11.6 Å². The number of hydrogen-bond donors (Lipinski definition) is 0. The van der Waals surface area contributed by atoms with Gasteiger partial charge in [0, 0.05) is 19.3 Å². The fraction of sp³-hybridized carbons (Fsp3) is 0.400. The minimum atomic E-state index is -4.53. The van der Waals surface area contributed by atoms with Crippen molar-refractivity contribution in [1.29, 1.82) is 0 Å². The first kappa shape index (κ1) is 26.5. The number of carbonyl (C=O) groups is 1. The lowest BCUT2D eigenvalue weighted by Crippen LogP contribution is -2.08. The second-order valence-corrected chi connectivity index (χ2v) is 8.72. The number of aryl methyl sites for hydroxylation is 2. The fourth-order valence-corrected chi connectivity index (χ4v) is 3.89. The quantitative estimate of drug-likeness (QED) is 0.185. The first-order chi connectivity index (χ1) is 16.5. The summed E-state index contributed by atoms with van der Waals surface area (Å²) in [4.78, 5) is 15.3. The summed E-state index contributed by atoms with van der Waals surface area (Å²) < 4.78 is 51.5. The van der Waals surface area contributed by atoms with E-state index in [9.17, 15) is 18.0 Å². The van der Waals surface area contributed by atoms with Crippen molar-refractivity contribution < 1.29 is 27.4 Å². The van der Waals surface area contributed by atoms with Gasteiger partial charge in [0.1, 0.15) is 0 Å². The van der Waals surface area contributed by atoms with Gasteiger partial charge in [-0.3, -0.25) is 4.79 Å². The molecule has 0 aliphatic heterocycles. The third kappa shape index (κ3) is 6.54. The molecule has 2 heterocycles. The number of halogens is 4. The van der Waals surface area contributed by atoms with Gasteiger partial charge < -0.3 is 9.47 Å². The number of alkyl halides is 3. The van der Waals surface area contributed by atoms with Crippen LogP contribution in [0.25, 0.3) is 5.82 Å². The lowest BCUT2D eigenvalue weighted by Gasteiger charge is -2.14. The first-order valence-electron chi connectivity index (χ1n) is 11.3. The second-order valence-electron chi connectivity index (χ2n) is 8.31. The van der Waals surface area contributed by atoms with Crippen molar-refractivity contribution in [2.45, 2.75) is 59.1 Å². The van der Waals surface area contributed by atoms with Crippen LogP contribution in [-0.4, -0.2) is 27.3 Å². The highest BCUT2D eigenvalue weighted by atomic mass is 35.5. The summed E-state index contributed by atoms with van der Waals surface area (Å²) in [5.41, 5.74) is 1.74. The third-order valence-corrected chi connectivity index (χ3v) is 5.55. The molecule has 10 heteroatoms. The van der Waals surface area contributed by atoms with E-state index in [0.29, 0.717) is 30.9 Å². The van der Waals surface area contributed by atoms with E-state index in [0.717, 1.165) is 35.5 Å². The molecule has 0 aliphatic rings. The van der Waals surface area contributed by atoms with Crippen LogP contribution in [0.15, 0.2) is 36.7 Å². The number of nitrogens with zero attached hydrogens (tertiary/aromatic N) is 3. The maximum atomic E-state index is 12.9. The van der Waals surface area contributed by atoms with Gasteiger partial charge in [-0.05, 0) is 48.4 Å². The average molecular weight is 510 g/mol. The third-order valence-electron chi connectivity index (χ3n) is 5.27. The Labute approximate surface area is 207 Å². The number of carbonyl (C=O) groups excluding carboxylic acids is 1. The summed E-state index contributed by atoms with van der Waals surface area (Å²) in [6.45, 7) is 7.66. The number of para-hydroxylation sites is 1. The van der Waals surface area contributed by atoms with Crippen molar-refractivity contribution in [3.63, 3.8) is 0 Å². The molecular formula is C25H27ClF3N3O3. The average Bonchev–Trinajstić information content (AvgIpc) is 3.20. The number of hydrogen-bond acceptors (Lipinski definition) is 5. The predicted octanol–water partition coefficient (Wildman–Crippen LogP) is 6.56. The molecule has 2 aromatic heterocycles. The van der Waals surface area contributed by atoms with Gasteiger partial charge in [0.25, 0.3) is 0 Å². The molecule has 1 aromatic carbocycles. The van der Waals surface area contributed by atoms with Crippen molar-refractivity contribution in [3.05, 3.63) is 64.1 Å². The minimum absolute atomic E-state index is 0.0804. The molecule has 0 spiro atoms. The molecule has 0 saturated carbocycles. The van der Waals surface area contributed by atoms with Crippen LogP contribution in [0, 0.1) is 0 Å². The fourth-order valence-electron chi connectivity index (χ4n) is 3.64. The Morgan fingerprint density at radius 1 is 1.23 bits per heavy atom. The van der Waals surface area contributed by atoms with Gasteiger partial charge in [0.05, 0.1) is 22.9 Å². The SMILES string of the molecule is CCc1cccc(OC(C)=O)c1OCCCc1cn(-c2ncc(C(F)(F)F)cc2Cl)nc1C(C)C. The van der Waals surface area contributed by atoms with Crippen LogP contribution in [0.1, 0.15) is 62.4 Å². The van der Waals surface area contributed by atoms with Gasteiger partial charge in [-0.1, -0.05) is 44.5 Å². The molecule has 0 bridgehead atoms. The van der Waals surface area contributed by atoms with E-state index in [-0.39, 0.29) is 16.8 Å². The van der Waals surface area contributed by atoms with Crippen LogP contribution < -0.4 is 9.47 Å². The summed E-state index contributed by atoms with van der Waals surface area (Å²) in [6.07, 6.45) is -0.0760. The molecule has 0 atom stereocenters. The number of benzene rings is 1. The zero-order valence-electron chi connectivity index (χ0n) is 19.9. The lowest BCUT2D eigenvalue weighted by atomic mass is 10.0. The Hall–Kier alpha value is -3.07. The largest absolute Gasteiger partial charge is 0.489 e. The number of ether oxygens (including phenoxy) is 2. The molecule has 0 unspecified atom stereocenters. The maximum Gasteiger partial charge on any atom is 0.417 e. The van der Waals surface area contributed by atoms with Crippen LogP contribution in [0.2, 0.25) is 5.02 Å². The zero-order chi connectivity index (χ0) is 25.8. The van der Waals surface area contributed by atoms with Crippen LogP contribution in [0.4, 0.5) is 13.2 Å². The van der Waals surface area contributed by atoms with Crippen molar-refractivity contribution in [1.82, 2.24) is 14.8 Å². The van der Waals surface area contributed by atoms with E-state index >= 15 is 0 Å². The van der Waals surface area contributed by atoms with Crippen LogP contribution in [-0.2, 0) is 23.8 Å². The molecule has 0 saturated heterocycles. The summed E-state index contributed by atoms with van der Waals surface area (Å²) in [5, 5.41) is 4.40. The van der Waals surface area contributed by atoms with Crippen molar-refractivity contribution >= 4 is 17.6 Å². The summed E-state index contributed by atoms with van der Waals surface area (Å²) >= 11 is 6.11. The molecule has 6 nitrogen and oxygen atoms in total. The van der Waals surface area contributed by atoms with Gasteiger partial charge >= 0.3 is 12.1 Å². The molecule has 3 rings (SSSR count). The molecule has 0 fully saturated rings. The van der Waals surface area contributed by atoms with E-state index in [1.165, 1.54) is 11.6 Å². The van der Waals surface area contributed by atoms with Crippen molar-refractivity contribution in [2.75, 3.05) is 6.61 Å². The topological polar surface area (TPSA) is 66.2 Å². The molecule has 0 N–H and O–H groups in total. The highest BCUT2D eigenvalue weighted by Gasteiger charge is 2.32. The Balaban J connectivity index is 1.75. The molecular weight excluding hydrogens is 483 g/mol. The number of pyridine rings is 1. The Kier molecular flexibility index (Phi) is 8.43. The van der Waals surface area contributed by atoms with Crippen LogP contribution in [0.5, 0.6) is 11.5 Å². The van der Waals surface area contributed by atoms with Crippen LogP contribution in [0.3, 0.4) is 0 Å². The van der Waals surface area contributed by atoms with Gasteiger partial charge in [-0.25, -0.2) is 9.67 Å². The smallest absolute Gasteiger partial charge is 0.417 e. The van der Waals surface area contributed by atoms with Gasteiger partial charge in [0.2, 0.25) is 0 Å². The normalized spacial score (nSPS) is 11.7. The maximum absolute atomic E-state index is 12.9. The van der Waals surface area contributed by atoms with Gasteiger partial charge in [-0.15, -0.1) is 0 Å². The number of rotatable bonds is 9. The van der Waals surface area contributed by atoms with E-state index < -0.39 is 17.7 Å². The Bertz CT molecular complexity index is 1190. The molecule has 0 radical (unpaired) electrons.